The molecule has 0 aromatic heterocycles. The van der Waals surface area contributed by atoms with E-state index in [1.165, 1.54) is 11.1 Å². The minimum Gasteiger partial charge on any atom is -0.480 e. The SMILES string of the molecule is CCCCC(NC(C)c1ccccc1C)C(=O)O. The molecular weight excluding hydrogens is 226 g/mol. The molecule has 0 fully saturated rings. The van der Waals surface area contributed by atoms with E-state index in [9.17, 15) is 9.90 Å². The van der Waals surface area contributed by atoms with Crippen LogP contribution >= 0.6 is 0 Å². The maximum Gasteiger partial charge on any atom is 0.320 e. The van der Waals surface area contributed by atoms with Crippen molar-refractivity contribution < 1.29 is 9.90 Å². The zero-order chi connectivity index (χ0) is 13.5. The summed E-state index contributed by atoms with van der Waals surface area (Å²) < 4.78 is 0. The van der Waals surface area contributed by atoms with Crippen molar-refractivity contribution in [3.8, 4) is 0 Å². The number of unbranched alkanes of at least 4 members (excludes halogenated alkanes) is 1. The van der Waals surface area contributed by atoms with Crippen molar-refractivity contribution in [1.82, 2.24) is 5.32 Å². The summed E-state index contributed by atoms with van der Waals surface area (Å²) in [5.41, 5.74) is 2.36. The van der Waals surface area contributed by atoms with Gasteiger partial charge in [0.1, 0.15) is 6.04 Å². The van der Waals surface area contributed by atoms with Crippen LogP contribution in [0.4, 0.5) is 0 Å². The van der Waals surface area contributed by atoms with Gasteiger partial charge in [-0.2, -0.15) is 0 Å². The van der Waals surface area contributed by atoms with Gasteiger partial charge >= 0.3 is 5.97 Å². The molecule has 1 rings (SSSR count). The topological polar surface area (TPSA) is 49.3 Å². The van der Waals surface area contributed by atoms with Gasteiger partial charge in [-0.25, -0.2) is 0 Å². The first-order valence-corrected chi connectivity index (χ1v) is 6.60. The van der Waals surface area contributed by atoms with Gasteiger partial charge in [-0.05, 0) is 31.4 Å². The molecule has 0 aliphatic carbocycles. The van der Waals surface area contributed by atoms with Crippen LogP contribution in [0.25, 0.3) is 0 Å². The van der Waals surface area contributed by atoms with Crippen LogP contribution in [-0.4, -0.2) is 17.1 Å². The molecule has 0 aliphatic rings. The van der Waals surface area contributed by atoms with Crippen molar-refractivity contribution in [2.45, 2.75) is 52.1 Å². The highest BCUT2D eigenvalue weighted by Crippen LogP contribution is 2.18. The molecule has 2 unspecified atom stereocenters. The van der Waals surface area contributed by atoms with Crippen molar-refractivity contribution >= 4 is 5.97 Å². The summed E-state index contributed by atoms with van der Waals surface area (Å²) in [7, 11) is 0. The highest BCUT2D eigenvalue weighted by atomic mass is 16.4. The molecule has 0 saturated heterocycles. The van der Waals surface area contributed by atoms with E-state index in [2.05, 4.69) is 25.2 Å². The van der Waals surface area contributed by atoms with E-state index in [-0.39, 0.29) is 6.04 Å². The Morgan fingerprint density at radius 3 is 2.61 bits per heavy atom. The van der Waals surface area contributed by atoms with Crippen molar-refractivity contribution in [2.24, 2.45) is 0 Å². The molecule has 0 saturated carbocycles. The lowest BCUT2D eigenvalue weighted by Crippen LogP contribution is -2.38. The van der Waals surface area contributed by atoms with Crippen LogP contribution in [0.3, 0.4) is 0 Å². The number of carbonyl (C=O) groups is 1. The fourth-order valence-corrected chi connectivity index (χ4v) is 2.15. The molecule has 18 heavy (non-hydrogen) atoms. The van der Waals surface area contributed by atoms with E-state index in [1.807, 2.05) is 25.1 Å². The smallest absolute Gasteiger partial charge is 0.320 e. The lowest BCUT2D eigenvalue weighted by atomic mass is 10.0. The van der Waals surface area contributed by atoms with Crippen LogP contribution in [0.15, 0.2) is 24.3 Å². The molecule has 2 atom stereocenters. The molecule has 2 N–H and O–H groups in total. The molecule has 3 nitrogen and oxygen atoms in total. The van der Waals surface area contributed by atoms with E-state index >= 15 is 0 Å². The number of nitrogens with one attached hydrogen (secondary N) is 1. The van der Waals surface area contributed by atoms with Crippen molar-refractivity contribution in [2.75, 3.05) is 0 Å². The summed E-state index contributed by atoms with van der Waals surface area (Å²) in [5, 5.41) is 12.4. The first kappa shape index (κ1) is 14.7. The van der Waals surface area contributed by atoms with E-state index in [0.29, 0.717) is 6.42 Å². The largest absolute Gasteiger partial charge is 0.480 e. The second-order valence-corrected chi connectivity index (χ2v) is 4.78. The molecule has 3 heteroatoms. The van der Waals surface area contributed by atoms with Crippen LogP contribution in [0, 0.1) is 6.92 Å². The molecule has 0 amide bonds. The Morgan fingerprint density at radius 2 is 2.06 bits per heavy atom. The Kier molecular flexibility index (Phi) is 5.86. The predicted octanol–water partition coefficient (Wildman–Crippen LogP) is 3.29. The molecule has 0 spiro atoms. The lowest BCUT2D eigenvalue weighted by molar-refractivity contribution is -0.139. The summed E-state index contributed by atoms with van der Waals surface area (Å²) in [6.07, 6.45) is 2.64. The fraction of sp³-hybridized carbons (Fsp3) is 0.533. The Bertz CT molecular complexity index is 390. The normalized spacial score (nSPS) is 14.2. The van der Waals surface area contributed by atoms with Crippen LogP contribution in [0.1, 0.15) is 50.3 Å². The predicted molar refractivity (Wildman–Crippen MR) is 73.7 cm³/mol. The van der Waals surface area contributed by atoms with E-state index in [4.69, 9.17) is 0 Å². The van der Waals surface area contributed by atoms with Gasteiger partial charge in [0.25, 0.3) is 0 Å². The van der Waals surface area contributed by atoms with E-state index < -0.39 is 12.0 Å². The average molecular weight is 249 g/mol. The summed E-state index contributed by atoms with van der Waals surface area (Å²) >= 11 is 0. The number of rotatable bonds is 7. The number of hydrogen-bond donors (Lipinski definition) is 2. The molecule has 0 aliphatic heterocycles. The van der Waals surface area contributed by atoms with Crippen LogP contribution in [0.2, 0.25) is 0 Å². The summed E-state index contributed by atoms with van der Waals surface area (Å²) in [6.45, 7) is 6.14. The van der Waals surface area contributed by atoms with E-state index in [1.54, 1.807) is 0 Å². The molecule has 100 valence electrons. The fourth-order valence-electron chi connectivity index (χ4n) is 2.15. The second-order valence-electron chi connectivity index (χ2n) is 4.78. The second kappa shape index (κ2) is 7.17. The third kappa shape index (κ3) is 4.15. The Hall–Kier alpha value is -1.35. The lowest BCUT2D eigenvalue weighted by Gasteiger charge is -2.21. The molecule has 1 aromatic rings. The van der Waals surface area contributed by atoms with Gasteiger partial charge in [0.15, 0.2) is 0 Å². The van der Waals surface area contributed by atoms with Gasteiger partial charge in [0.2, 0.25) is 0 Å². The molecule has 0 radical (unpaired) electrons. The highest BCUT2D eigenvalue weighted by Gasteiger charge is 2.20. The third-order valence-electron chi connectivity index (χ3n) is 3.25. The maximum atomic E-state index is 11.2. The summed E-state index contributed by atoms with van der Waals surface area (Å²) in [4.78, 5) is 11.2. The first-order chi connectivity index (χ1) is 8.56. The average Bonchev–Trinajstić information content (AvgIpc) is 2.34. The van der Waals surface area contributed by atoms with E-state index in [0.717, 1.165) is 12.8 Å². The highest BCUT2D eigenvalue weighted by molar-refractivity contribution is 5.73. The molecule has 1 aromatic carbocycles. The Morgan fingerprint density at radius 1 is 1.39 bits per heavy atom. The van der Waals surface area contributed by atoms with Crippen molar-refractivity contribution in [1.29, 1.82) is 0 Å². The maximum absolute atomic E-state index is 11.2. The van der Waals surface area contributed by atoms with Gasteiger partial charge in [0, 0.05) is 6.04 Å². The monoisotopic (exact) mass is 249 g/mol. The third-order valence-corrected chi connectivity index (χ3v) is 3.25. The molecule has 0 bridgehead atoms. The number of carboxylic acids is 1. The zero-order valence-corrected chi connectivity index (χ0v) is 11.4. The van der Waals surface area contributed by atoms with Crippen LogP contribution in [0.5, 0.6) is 0 Å². The van der Waals surface area contributed by atoms with Gasteiger partial charge in [-0.1, -0.05) is 44.0 Å². The quantitative estimate of drug-likeness (QED) is 0.779. The number of benzene rings is 1. The van der Waals surface area contributed by atoms with Gasteiger partial charge in [-0.15, -0.1) is 0 Å². The Balaban J connectivity index is 2.69. The Labute approximate surface area is 109 Å². The minimum absolute atomic E-state index is 0.0594. The van der Waals surface area contributed by atoms with Crippen LogP contribution < -0.4 is 5.32 Å². The van der Waals surface area contributed by atoms with Gasteiger partial charge in [-0.3, -0.25) is 10.1 Å². The summed E-state index contributed by atoms with van der Waals surface area (Å²) in [6, 6.07) is 7.68. The number of aryl methyl sites for hydroxylation is 1. The number of carboxylic acid groups (broad SMARTS) is 1. The number of aliphatic carboxylic acids is 1. The standard InChI is InChI=1S/C15H23NO2/c1-4-5-10-14(15(17)18)16-12(3)13-9-7-6-8-11(13)2/h6-9,12,14,16H,4-5,10H2,1-3H3,(H,17,18). The van der Waals surface area contributed by atoms with Gasteiger partial charge < -0.3 is 5.11 Å². The van der Waals surface area contributed by atoms with Crippen molar-refractivity contribution in [3.05, 3.63) is 35.4 Å². The minimum atomic E-state index is -0.760. The molecular formula is C15H23NO2. The van der Waals surface area contributed by atoms with Crippen molar-refractivity contribution in [3.63, 3.8) is 0 Å². The zero-order valence-electron chi connectivity index (χ0n) is 11.4. The first-order valence-electron chi connectivity index (χ1n) is 6.60. The van der Waals surface area contributed by atoms with Crippen LogP contribution in [-0.2, 0) is 4.79 Å². The molecule has 0 heterocycles. The summed E-state index contributed by atoms with van der Waals surface area (Å²) in [5.74, 6) is -0.760. The van der Waals surface area contributed by atoms with Gasteiger partial charge in [0.05, 0.1) is 0 Å². The number of hydrogen-bond acceptors (Lipinski definition) is 2.